The summed E-state index contributed by atoms with van der Waals surface area (Å²) >= 11 is 1.63. The van der Waals surface area contributed by atoms with Crippen molar-refractivity contribution < 1.29 is 5.11 Å². The normalized spacial score (nSPS) is 16.3. The number of hydrogen-bond acceptors (Lipinski definition) is 4. The highest BCUT2D eigenvalue weighted by molar-refractivity contribution is 7.09. The summed E-state index contributed by atoms with van der Waals surface area (Å²) in [4.78, 5) is 5.24. The van der Waals surface area contributed by atoms with Gasteiger partial charge in [-0.2, -0.15) is 0 Å². The molecule has 0 radical (unpaired) electrons. The van der Waals surface area contributed by atoms with Crippen molar-refractivity contribution in [2.45, 2.75) is 39.8 Å². The average Bonchev–Trinajstić information content (AvgIpc) is 2.64. The molecule has 1 heterocycles. The van der Waals surface area contributed by atoms with E-state index in [-0.39, 0.29) is 17.6 Å². The van der Waals surface area contributed by atoms with Crippen LogP contribution in [0.2, 0.25) is 0 Å². The maximum Gasteiger partial charge on any atom is 0.0794 e. The fourth-order valence-electron chi connectivity index (χ4n) is 1.13. The monoisotopic (exact) mass is 228 g/mol. The topological polar surface area (TPSA) is 45.1 Å². The third kappa shape index (κ3) is 3.89. The standard InChI is InChI=1S/C11H20N2OS/c1-8(9-5-12-7-15-9)13-6-10(14)11(2,3)4/h5,7-8,10,13-14H,6H2,1-4H3. The summed E-state index contributed by atoms with van der Waals surface area (Å²) in [7, 11) is 0. The van der Waals surface area contributed by atoms with Crippen molar-refractivity contribution in [1.82, 2.24) is 10.3 Å². The molecule has 1 aromatic heterocycles. The van der Waals surface area contributed by atoms with Gasteiger partial charge in [0.15, 0.2) is 0 Å². The van der Waals surface area contributed by atoms with Crippen LogP contribution in [0.4, 0.5) is 0 Å². The first-order chi connectivity index (χ1) is 6.91. The summed E-state index contributed by atoms with van der Waals surface area (Å²) < 4.78 is 0. The number of aliphatic hydroxyl groups excluding tert-OH is 1. The molecule has 2 atom stereocenters. The molecule has 4 heteroatoms. The number of aromatic nitrogens is 1. The van der Waals surface area contributed by atoms with Crippen LogP contribution in [0, 0.1) is 5.41 Å². The predicted octanol–water partition coefficient (Wildman–Crippen LogP) is 2.20. The molecule has 86 valence electrons. The van der Waals surface area contributed by atoms with Gasteiger partial charge < -0.3 is 10.4 Å². The van der Waals surface area contributed by atoms with Crippen molar-refractivity contribution in [2.24, 2.45) is 5.41 Å². The van der Waals surface area contributed by atoms with Gasteiger partial charge >= 0.3 is 0 Å². The summed E-state index contributed by atoms with van der Waals surface area (Å²) in [5.41, 5.74) is 1.76. The van der Waals surface area contributed by atoms with Crippen LogP contribution < -0.4 is 5.32 Å². The number of nitrogens with zero attached hydrogens (tertiary/aromatic N) is 1. The summed E-state index contributed by atoms with van der Waals surface area (Å²) in [5, 5.41) is 13.2. The molecule has 3 nitrogen and oxygen atoms in total. The summed E-state index contributed by atoms with van der Waals surface area (Å²) in [6.07, 6.45) is 1.54. The molecule has 0 aliphatic carbocycles. The van der Waals surface area contributed by atoms with Crippen molar-refractivity contribution in [2.75, 3.05) is 6.54 Å². The molecule has 0 aliphatic heterocycles. The van der Waals surface area contributed by atoms with Crippen molar-refractivity contribution in [3.63, 3.8) is 0 Å². The second-order valence-electron chi connectivity index (χ2n) is 4.92. The van der Waals surface area contributed by atoms with Crippen molar-refractivity contribution in [3.8, 4) is 0 Å². The third-order valence-corrected chi connectivity index (χ3v) is 3.45. The Kier molecular flexibility index (Phi) is 4.25. The first-order valence-corrected chi connectivity index (χ1v) is 6.09. The molecule has 2 N–H and O–H groups in total. The zero-order chi connectivity index (χ0) is 11.5. The molecule has 0 saturated heterocycles. The fourth-order valence-corrected chi connectivity index (χ4v) is 1.79. The zero-order valence-electron chi connectivity index (χ0n) is 9.82. The van der Waals surface area contributed by atoms with E-state index >= 15 is 0 Å². The van der Waals surface area contributed by atoms with Crippen molar-refractivity contribution in [1.29, 1.82) is 0 Å². The maximum atomic E-state index is 9.86. The van der Waals surface area contributed by atoms with Gasteiger partial charge in [-0.25, -0.2) is 0 Å². The van der Waals surface area contributed by atoms with Gasteiger partial charge in [-0.3, -0.25) is 4.98 Å². The number of hydrogen-bond donors (Lipinski definition) is 2. The molecule has 0 bridgehead atoms. The minimum atomic E-state index is -0.326. The highest BCUT2D eigenvalue weighted by atomic mass is 32.1. The SMILES string of the molecule is CC(NCC(O)C(C)(C)C)c1cncs1. The van der Waals surface area contributed by atoms with Gasteiger partial charge in [0.2, 0.25) is 0 Å². The maximum absolute atomic E-state index is 9.86. The Hall–Kier alpha value is -0.450. The lowest BCUT2D eigenvalue weighted by atomic mass is 9.89. The predicted molar refractivity (Wildman–Crippen MR) is 64.0 cm³/mol. The molecular weight excluding hydrogens is 208 g/mol. The highest BCUT2D eigenvalue weighted by Crippen LogP contribution is 2.20. The second kappa shape index (κ2) is 5.05. The van der Waals surface area contributed by atoms with Gasteiger partial charge in [-0.05, 0) is 12.3 Å². The van der Waals surface area contributed by atoms with E-state index in [0.717, 1.165) is 0 Å². The Bertz CT molecular complexity index is 279. The minimum absolute atomic E-state index is 0.0690. The average molecular weight is 228 g/mol. The van der Waals surface area contributed by atoms with E-state index in [1.165, 1.54) is 4.88 Å². The largest absolute Gasteiger partial charge is 0.391 e. The Labute approximate surface area is 95.6 Å². The van der Waals surface area contributed by atoms with E-state index < -0.39 is 0 Å². The van der Waals surface area contributed by atoms with Crippen LogP contribution in [0.5, 0.6) is 0 Å². The van der Waals surface area contributed by atoms with Crippen LogP contribution in [0.25, 0.3) is 0 Å². The smallest absolute Gasteiger partial charge is 0.0794 e. The van der Waals surface area contributed by atoms with Crippen LogP contribution in [0.3, 0.4) is 0 Å². The lowest BCUT2D eigenvalue weighted by molar-refractivity contribution is 0.0610. The zero-order valence-corrected chi connectivity index (χ0v) is 10.6. The Morgan fingerprint density at radius 1 is 1.53 bits per heavy atom. The second-order valence-corrected chi connectivity index (χ2v) is 5.83. The van der Waals surface area contributed by atoms with Crippen LogP contribution >= 0.6 is 11.3 Å². The molecule has 0 spiro atoms. The van der Waals surface area contributed by atoms with E-state index in [1.807, 2.05) is 32.5 Å². The molecule has 0 amide bonds. The number of rotatable bonds is 4. The first-order valence-electron chi connectivity index (χ1n) is 5.21. The summed E-state index contributed by atoms with van der Waals surface area (Å²) in [6, 6.07) is 0.259. The fraction of sp³-hybridized carbons (Fsp3) is 0.727. The van der Waals surface area contributed by atoms with Crippen molar-refractivity contribution in [3.05, 3.63) is 16.6 Å². The van der Waals surface area contributed by atoms with Crippen LogP contribution in [-0.2, 0) is 0 Å². The van der Waals surface area contributed by atoms with Gasteiger partial charge in [-0.1, -0.05) is 20.8 Å². The Morgan fingerprint density at radius 3 is 2.67 bits per heavy atom. The van der Waals surface area contributed by atoms with E-state index in [2.05, 4.69) is 17.2 Å². The Morgan fingerprint density at radius 2 is 2.20 bits per heavy atom. The van der Waals surface area contributed by atoms with Gasteiger partial charge in [0.25, 0.3) is 0 Å². The van der Waals surface area contributed by atoms with Gasteiger partial charge in [0.05, 0.1) is 11.6 Å². The van der Waals surface area contributed by atoms with Crippen LogP contribution in [0.1, 0.15) is 38.6 Å². The molecule has 15 heavy (non-hydrogen) atoms. The van der Waals surface area contributed by atoms with E-state index in [9.17, 15) is 5.11 Å². The quantitative estimate of drug-likeness (QED) is 0.830. The highest BCUT2D eigenvalue weighted by Gasteiger charge is 2.22. The number of thiazole rings is 1. The van der Waals surface area contributed by atoms with Gasteiger partial charge in [0.1, 0.15) is 0 Å². The molecular formula is C11H20N2OS. The molecule has 1 rings (SSSR count). The third-order valence-electron chi connectivity index (χ3n) is 2.50. The summed E-state index contributed by atoms with van der Waals surface area (Å²) in [5.74, 6) is 0. The number of nitrogens with one attached hydrogen (secondary N) is 1. The minimum Gasteiger partial charge on any atom is -0.391 e. The molecule has 0 saturated carbocycles. The Balaban J connectivity index is 2.38. The summed E-state index contributed by atoms with van der Waals surface area (Å²) in [6.45, 7) is 8.82. The molecule has 0 aliphatic rings. The van der Waals surface area contributed by atoms with Gasteiger partial charge in [0, 0.05) is 23.7 Å². The molecule has 2 unspecified atom stereocenters. The molecule has 0 fully saturated rings. The van der Waals surface area contributed by atoms with Gasteiger partial charge in [-0.15, -0.1) is 11.3 Å². The molecule has 1 aromatic rings. The van der Waals surface area contributed by atoms with Crippen LogP contribution in [-0.4, -0.2) is 22.7 Å². The van der Waals surface area contributed by atoms with Crippen LogP contribution in [0.15, 0.2) is 11.7 Å². The van der Waals surface area contributed by atoms with E-state index in [4.69, 9.17) is 0 Å². The van der Waals surface area contributed by atoms with E-state index in [0.29, 0.717) is 6.54 Å². The van der Waals surface area contributed by atoms with E-state index in [1.54, 1.807) is 11.3 Å². The lowest BCUT2D eigenvalue weighted by Crippen LogP contribution is -2.37. The number of aliphatic hydroxyl groups is 1. The molecule has 0 aromatic carbocycles. The lowest BCUT2D eigenvalue weighted by Gasteiger charge is -2.27. The van der Waals surface area contributed by atoms with Crippen molar-refractivity contribution >= 4 is 11.3 Å². The first kappa shape index (κ1) is 12.6.